The van der Waals surface area contributed by atoms with Crippen LogP contribution in [0.15, 0.2) is 16.7 Å². The van der Waals surface area contributed by atoms with Crippen LogP contribution in [0.5, 0.6) is 5.88 Å². The first kappa shape index (κ1) is 19.1. The second-order valence-corrected chi connectivity index (χ2v) is 7.38. The molecule has 1 saturated carbocycles. The van der Waals surface area contributed by atoms with Crippen LogP contribution >= 0.6 is 15.9 Å². The van der Waals surface area contributed by atoms with Crippen molar-refractivity contribution in [3.05, 3.63) is 22.3 Å². The number of pyridine rings is 1. The minimum Gasteiger partial charge on any atom is -0.476 e. The van der Waals surface area contributed by atoms with E-state index in [1.54, 1.807) is 0 Å². The molecule has 6 nitrogen and oxygen atoms in total. The lowest BCUT2D eigenvalue weighted by Gasteiger charge is -2.15. The van der Waals surface area contributed by atoms with Crippen molar-refractivity contribution in [3.63, 3.8) is 0 Å². The molecule has 24 heavy (non-hydrogen) atoms. The number of aromatic nitrogens is 1. The largest absolute Gasteiger partial charge is 0.485 e. The summed E-state index contributed by atoms with van der Waals surface area (Å²) in [7, 11) is -3.16. The first-order valence-electron chi connectivity index (χ1n) is 7.01. The third-order valence-electron chi connectivity index (χ3n) is 2.99. The van der Waals surface area contributed by atoms with E-state index >= 15 is 0 Å². The Bertz CT molecular complexity index is 641. The summed E-state index contributed by atoms with van der Waals surface area (Å²) in [4.78, 5) is 16.0. The maximum atomic E-state index is 12.2. The summed E-state index contributed by atoms with van der Waals surface area (Å²) in [5.41, 5.74) is -4.51. The number of carbonyl (C=O) groups is 1. The van der Waals surface area contributed by atoms with Gasteiger partial charge in [0.1, 0.15) is 6.61 Å². The molecular weight excluding hydrogens is 415 g/mol. The molecule has 1 heterocycles. The van der Waals surface area contributed by atoms with Crippen LogP contribution < -0.4 is 14.8 Å². The van der Waals surface area contributed by atoms with Gasteiger partial charge in [0.25, 0.3) is 5.91 Å². The summed E-state index contributed by atoms with van der Waals surface area (Å²) in [5.74, 6) is -0.188. The predicted molar refractivity (Wildman–Crippen MR) is 84.7 cm³/mol. The molecule has 0 radical (unpaired) electrons. The molecule has 2 rings (SSSR count). The van der Waals surface area contributed by atoms with Crippen LogP contribution in [0, 0.1) is 0 Å². The molecule has 1 aromatic heterocycles. The van der Waals surface area contributed by atoms with E-state index in [0.717, 1.165) is 12.8 Å². The number of hydrogen-bond donors (Lipinski definition) is 2. The predicted octanol–water partition coefficient (Wildman–Crippen LogP) is 2.28. The minimum atomic E-state index is -4.84. The third-order valence-corrected chi connectivity index (χ3v) is 4.66. The second kappa shape index (κ2) is 7.79. The van der Waals surface area contributed by atoms with Gasteiger partial charge in [-0.25, -0.2) is 13.9 Å². The molecule has 0 saturated heterocycles. The van der Waals surface area contributed by atoms with Gasteiger partial charge in [-0.1, -0.05) is 0 Å². The Morgan fingerprint density at radius 3 is 2.79 bits per heavy atom. The van der Waals surface area contributed by atoms with Crippen molar-refractivity contribution in [1.82, 2.24) is 15.0 Å². The standard InChI is InChI=1S/C13H15BrF3N3O3S/c1-7(20-24(22)13(15,16)17)6-23-11-4-9(10(14)5-18-11)12(21)19-8-2-3-8/h4-5,7-8,20H,2-3,6H2,1H3,(H,19,21). The van der Waals surface area contributed by atoms with E-state index in [9.17, 15) is 22.2 Å². The zero-order valence-corrected chi connectivity index (χ0v) is 14.9. The van der Waals surface area contributed by atoms with Crippen molar-refractivity contribution in [2.75, 3.05) is 6.61 Å². The van der Waals surface area contributed by atoms with Gasteiger partial charge in [-0.05, 0) is 35.7 Å². The fraction of sp³-hybridized carbons (Fsp3) is 0.538. The van der Waals surface area contributed by atoms with E-state index in [1.165, 1.54) is 19.2 Å². The number of ether oxygens (including phenoxy) is 1. The average molecular weight is 430 g/mol. The van der Waals surface area contributed by atoms with Gasteiger partial charge < -0.3 is 10.1 Å². The molecule has 1 aliphatic carbocycles. The summed E-state index contributed by atoms with van der Waals surface area (Å²) in [6.07, 6.45) is 3.26. The molecule has 0 spiro atoms. The Morgan fingerprint density at radius 1 is 1.54 bits per heavy atom. The van der Waals surface area contributed by atoms with E-state index in [2.05, 4.69) is 26.2 Å². The van der Waals surface area contributed by atoms with Crippen LogP contribution in [0.1, 0.15) is 30.1 Å². The van der Waals surface area contributed by atoms with Gasteiger partial charge in [0.05, 0.1) is 11.6 Å². The fourth-order valence-corrected chi connectivity index (χ4v) is 2.62. The summed E-state index contributed by atoms with van der Waals surface area (Å²) in [6.45, 7) is 1.20. The molecule has 1 aromatic rings. The zero-order valence-electron chi connectivity index (χ0n) is 12.5. The molecule has 11 heteroatoms. The molecule has 0 aliphatic heterocycles. The highest BCUT2D eigenvalue weighted by molar-refractivity contribution is 9.10. The highest BCUT2D eigenvalue weighted by Gasteiger charge is 2.37. The minimum absolute atomic E-state index is 0.0885. The second-order valence-electron chi connectivity index (χ2n) is 5.29. The maximum Gasteiger partial charge on any atom is 0.485 e. The van der Waals surface area contributed by atoms with E-state index in [4.69, 9.17) is 4.74 Å². The number of rotatable bonds is 7. The van der Waals surface area contributed by atoms with E-state index < -0.39 is 22.5 Å². The van der Waals surface area contributed by atoms with Crippen molar-refractivity contribution in [2.24, 2.45) is 0 Å². The Balaban J connectivity index is 1.92. The number of amides is 1. The highest BCUT2D eigenvalue weighted by Crippen LogP contribution is 2.24. The highest BCUT2D eigenvalue weighted by atomic mass is 79.9. The van der Waals surface area contributed by atoms with E-state index in [1.807, 2.05) is 4.72 Å². The molecular formula is C13H15BrF3N3O3S. The van der Waals surface area contributed by atoms with Gasteiger partial charge in [-0.2, -0.15) is 13.2 Å². The van der Waals surface area contributed by atoms with Crippen LogP contribution in [-0.2, 0) is 11.0 Å². The first-order chi connectivity index (χ1) is 11.2. The summed E-state index contributed by atoms with van der Waals surface area (Å²) in [6, 6.07) is 0.750. The maximum absolute atomic E-state index is 12.2. The molecule has 2 atom stereocenters. The number of halogens is 4. The van der Waals surface area contributed by atoms with Crippen LogP contribution in [0.2, 0.25) is 0 Å². The molecule has 1 aliphatic rings. The number of carbonyl (C=O) groups excluding carboxylic acids is 1. The Kier molecular flexibility index (Phi) is 6.21. The lowest BCUT2D eigenvalue weighted by molar-refractivity contribution is -0.0397. The smallest absolute Gasteiger partial charge is 0.476 e. The van der Waals surface area contributed by atoms with Crippen LogP contribution in [0.4, 0.5) is 13.2 Å². The Hall–Kier alpha value is -1.20. The molecule has 1 fully saturated rings. The average Bonchev–Trinajstić information content (AvgIpc) is 3.29. The molecule has 0 aromatic carbocycles. The van der Waals surface area contributed by atoms with Gasteiger partial charge in [0, 0.05) is 22.8 Å². The van der Waals surface area contributed by atoms with Gasteiger partial charge >= 0.3 is 5.51 Å². The number of nitrogens with zero attached hydrogens (tertiary/aromatic N) is 1. The summed E-state index contributed by atoms with van der Waals surface area (Å²) >= 11 is 3.22. The van der Waals surface area contributed by atoms with E-state index in [0.29, 0.717) is 10.0 Å². The summed E-state index contributed by atoms with van der Waals surface area (Å²) in [5, 5.41) is 2.82. The molecule has 2 N–H and O–H groups in total. The molecule has 1 amide bonds. The molecule has 0 bridgehead atoms. The van der Waals surface area contributed by atoms with Gasteiger partial charge in [0.15, 0.2) is 11.0 Å². The normalized spacial score (nSPS) is 17.2. The lowest BCUT2D eigenvalue weighted by Crippen LogP contribution is -2.39. The molecule has 2 unspecified atom stereocenters. The van der Waals surface area contributed by atoms with Gasteiger partial charge in [0.2, 0.25) is 5.88 Å². The topological polar surface area (TPSA) is 80.3 Å². The number of nitrogens with one attached hydrogen (secondary N) is 2. The number of alkyl halides is 3. The zero-order chi connectivity index (χ0) is 17.9. The Morgan fingerprint density at radius 2 is 2.21 bits per heavy atom. The van der Waals surface area contributed by atoms with Gasteiger partial charge in [-0.15, -0.1) is 0 Å². The van der Waals surface area contributed by atoms with Crippen molar-refractivity contribution in [3.8, 4) is 5.88 Å². The van der Waals surface area contributed by atoms with Crippen LogP contribution in [0.25, 0.3) is 0 Å². The fourth-order valence-electron chi connectivity index (χ4n) is 1.66. The third kappa shape index (κ3) is 5.71. The summed E-state index contributed by atoms with van der Waals surface area (Å²) < 4.78 is 55.2. The quantitative estimate of drug-likeness (QED) is 0.696. The lowest BCUT2D eigenvalue weighted by atomic mass is 10.2. The van der Waals surface area contributed by atoms with Crippen LogP contribution in [0.3, 0.4) is 0 Å². The number of hydrogen-bond acceptors (Lipinski definition) is 4. The van der Waals surface area contributed by atoms with E-state index in [-0.39, 0.29) is 24.4 Å². The first-order valence-corrected chi connectivity index (χ1v) is 8.95. The van der Waals surface area contributed by atoms with Crippen LogP contribution in [-0.4, -0.2) is 39.3 Å². The van der Waals surface area contributed by atoms with Gasteiger partial charge in [-0.3, -0.25) is 4.79 Å². The van der Waals surface area contributed by atoms with Crippen molar-refractivity contribution >= 4 is 32.8 Å². The molecule has 134 valence electrons. The Labute approximate surface area is 147 Å². The van der Waals surface area contributed by atoms with Crippen molar-refractivity contribution in [2.45, 2.75) is 37.4 Å². The SMILES string of the molecule is CC(COc1cc(C(=O)NC2CC2)c(Br)cn1)NS(=O)C(F)(F)F. The van der Waals surface area contributed by atoms with Crippen molar-refractivity contribution in [1.29, 1.82) is 0 Å². The monoisotopic (exact) mass is 429 g/mol. The van der Waals surface area contributed by atoms with Crippen molar-refractivity contribution < 1.29 is 26.9 Å².